The van der Waals surface area contributed by atoms with Crippen LogP contribution >= 0.6 is 0 Å². The minimum absolute atomic E-state index is 0.118. The number of hydrogen-bond donors (Lipinski definition) is 0. The van der Waals surface area contributed by atoms with Gasteiger partial charge in [0.1, 0.15) is 0 Å². The third-order valence-electron chi connectivity index (χ3n) is 3.95. The van der Waals surface area contributed by atoms with Crippen molar-refractivity contribution in [3.8, 4) is 0 Å². The first-order valence-electron chi connectivity index (χ1n) is 8.22. The zero-order valence-corrected chi connectivity index (χ0v) is 14.0. The monoisotopic (exact) mass is 333 g/mol. The second-order valence-electron chi connectivity index (χ2n) is 5.67. The van der Waals surface area contributed by atoms with E-state index in [9.17, 15) is 9.59 Å². The van der Waals surface area contributed by atoms with Crippen molar-refractivity contribution in [2.24, 2.45) is 0 Å². The first-order valence-corrected chi connectivity index (χ1v) is 8.22. The smallest absolute Gasteiger partial charge is 0.340 e. The number of nitrogens with zero attached hydrogens (tertiary/aromatic N) is 1. The van der Waals surface area contributed by atoms with E-state index in [0.717, 1.165) is 0 Å². The van der Waals surface area contributed by atoms with E-state index in [1.54, 1.807) is 36.4 Å². The molecule has 126 valence electrons. The Morgan fingerprint density at radius 1 is 0.880 bits per heavy atom. The SMILES string of the molecule is CCC(OC(=O)c1cccc(C(=O)c2ccccc2)c1)n1cccc1. The van der Waals surface area contributed by atoms with E-state index < -0.39 is 5.97 Å². The molecule has 0 fully saturated rings. The first-order chi connectivity index (χ1) is 12.2. The molecule has 1 heterocycles. The number of aromatic nitrogens is 1. The lowest BCUT2D eigenvalue weighted by molar-refractivity contribution is 0.00796. The maximum Gasteiger partial charge on any atom is 0.340 e. The van der Waals surface area contributed by atoms with Gasteiger partial charge in [0.15, 0.2) is 12.0 Å². The molecule has 4 heteroatoms. The first kappa shape index (κ1) is 16.7. The molecule has 1 aromatic heterocycles. The molecule has 0 aliphatic rings. The van der Waals surface area contributed by atoms with Crippen LogP contribution in [0.15, 0.2) is 79.1 Å². The van der Waals surface area contributed by atoms with Gasteiger partial charge < -0.3 is 9.30 Å². The van der Waals surface area contributed by atoms with Crippen LogP contribution in [0.2, 0.25) is 0 Å². The number of benzene rings is 2. The van der Waals surface area contributed by atoms with Crippen molar-refractivity contribution in [3.63, 3.8) is 0 Å². The summed E-state index contributed by atoms with van der Waals surface area (Å²) in [6.07, 6.45) is 4.01. The molecule has 3 aromatic rings. The minimum atomic E-state index is -0.441. The van der Waals surface area contributed by atoms with Gasteiger partial charge in [-0.05, 0) is 24.3 Å². The fraction of sp³-hybridized carbons (Fsp3) is 0.143. The van der Waals surface area contributed by atoms with Gasteiger partial charge in [0.05, 0.1) is 5.56 Å². The molecular formula is C21H19NO3. The van der Waals surface area contributed by atoms with E-state index in [0.29, 0.717) is 23.1 Å². The Bertz CT molecular complexity index is 854. The minimum Gasteiger partial charge on any atom is -0.438 e. The van der Waals surface area contributed by atoms with Crippen molar-refractivity contribution >= 4 is 11.8 Å². The summed E-state index contributed by atoms with van der Waals surface area (Å²) in [5, 5.41) is 0. The van der Waals surface area contributed by atoms with Gasteiger partial charge >= 0.3 is 5.97 Å². The van der Waals surface area contributed by atoms with Crippen molar-refractivity contribution in [2.45, 2.75) is 19.6 Å². The van der Waals surface area contributed by atoms with Crippen LogP contribution in [0.5, 0.6) is 0 Å². The number of ether oxygens (including phenoxy) is 1. The molecule has 0 saturated heterocycles. The van der Waals surface area contributed by atoms with Crippen molar-refractivity contribution in [3.05, 3.63) is 95.8 Å². The van der Waals surface area contributed by atoms with Gasteiger partial charge in [-0.3, -0.25) is 4.79 Å². The molecule has 3 rings (SSSR count). The Morgan fingerprint density at radius 3 is 2.20 bits per heavy atom. The molecule has 1 atom stereocenters. The Labute approximate surface area is 146 Å². The molecule has 0 aliphatic carbocycles. The van der Waals surface area contributed by atoms with Gasteiger partial charge in [-0.2, -0.15) is 0 Å². The lowest BCUT2D eigenvalue weighted by Gasteiger charge is -2.18. The Hall–Kier alpha value is -3.14. The summed E-state index contributed by atoms with van der Waals surface area (Å²) in [6.45, 7) is 1.95. The lowest BCUT2D eigenvalue weighted by atomic mass is 10.0. The highest BCUT2D eigenvalue weighted by molar-refractivity contribution is 6.09. The van der Waals surface area contributed by atoms with Crippen LogP contribution < -0.4 is 0 Å². The predicted octanol–water partition coefficient (Wildman–Crippen LogP) is 4.48. The largest absolute Gasteiger partial charge is 0.438 e. The highest BCUT2D eigenvalue weighted by Crippen LogP contribution is 2.18. The van der Waals surface area contributed by atoms with E-state index in [1.807, 2.05) is 54.2 Å². The molecule has 1 unspecified atom stereocenters. The van der Waals surface area contributed by atoms with Crippen molar-refractivity contribution in [1.29, 1.82) is 0 Å². The van der Waals surface area contributed by atoms with Gasteiger partial charge in [0, 0.05) is 29.9 Å². The molecule has 0 amide bonds. The van der Waals surface area contributed by atoms with Crippen molar-refractivity contribution in [1.82, 2.24) is 4.57 Å². The highest BCUT2D eigenvalue weighted by Gasteiger charge is 2.17. The third-order valence-corrected chi connectivity index (χ3v) is 3.95. The lowest BCUT2D eigenvalue weighted by Crippen LogP contribution is -2.16. The number of rotatable bonds is 6. The fourth-order valence-electron chi connectivity index (χ4n) is 2.63. The van der Waals surface area contributed by atoms with Gasteiger partial charge in [0.25, 0.3) is 0 Å². The quantitative estimate of drug-likeness (QED) is 0.493. The maximum atomic E-state index is 12.5. The molecule has 2 aromatic carbocycles. The molecular weight excluding hydrogens is 314 g/mol. The number of carbonyl (C=O) groups excluding carboxylic acids is 2. The van der Waals surface area contributed by atoms with Crippen LogP contribution in [0.1, 0.15) is 45.9 Å². The van der Waals surface area contributed by atoms with Gasteiger partial charge in [0.2, 0.25) is 0 Å². The Morgan fingerprint density at radius 2 is 1.52 bits per heavy atom. The number of carbonyl (C=O) groups is 2. The number of esters is 1. The van der Waals surface area contributed by atoms with E-state index in [1.165, 1.54) is 0 Å². The Kier molecular flexibility index (Phi) is 5.09. The molecule has 0 spiro atoms. The van der Waals surface area contributed by atoms with Gasteiger partial charge in [-0.25, -0.2) is 4.79 Å². The van der Waals surface area contributed by atoms with Crippen LogP contribution in [0, 0.1) is 0 Å². The average Bonchev–Trinajstić information content (AvgIpc) is 3.20. The van der Waals surface area contributed by atoms with E-state index in [4.69, 9.17) is 4.74 Å². The zero-order chi connectivity index (χ0) is 17.6. The van der Waals surface area contributed by atoms with Crippen molar-refractivity contribution in [2.75, 3.05) is 0 Å². The molecule has 0 radical (unpaired) electrons. The predicted molar refractivity (Wildman–Crippen MR) is 95.5 cm³/mol. The van der Waals surface area contributed by atoms with Gasteiger partial charge in [-0.15, -0.1) is 0 Å². The number of ketones is 1. The molecule has 0 saturated carbocycles. The summed E-state index contributed by atoms with van der Waals surface area (Å²) >= 11 is 0. The molecule has 25 heavy (non-hydrogen) atoms. The second-order valence-corrected chi connectivity index (χ2v) is 5.67. The van der Waals surface area contributed by atoms with Crippen LogP contribution in [0.4, 0.5) is 0 Å². The van der Waals surface area contributed by atoms with Crippen LogP contribution in [-0.4, -0.2) is 16.3 Å². The highest BCUT2D eigenvalue weighted by atomic mass is 16.6. The molecule has 0 bridgehead atoms. The third kappa shape index (κ3) is 3.86. The van der Waals surface area contributed by atoms with E-state index in [-0.39, 0.29) is 12.0 Å². The summed E-state index contributed by atoms with van der Waals surface area (Å²) in [5.41, 5.74) is 1.42. The van der Waals surface area contributed by atoms with E-state index >= 15 is 0 Å². The summed E-state index contributed by atoms with van der Waals surface area (Å²) in [5.74, 6) is -0.559. The maximum absolute atomic E-state index is 12.5. The topological polar surface area (TPSA) is 48.3 Å². The fourth-order valence-corrected chi connectivity index (χ4v) is 2.63. The molecule has 0 N–H and O–H groups in total. The van der Waals surface area contributed by atoms with Crippen LogP contribution in [-0.2, 0) is 4.74 Å². The number of hydrogen-bond acceptors (Lipinski definition) is 3. The van der Waals surface area contributed by atoms with E-state index in [2.05, 4.69) is 0 Å². The second kappa shape index (κ2) is 7.62. The van der Waals surface area contributed by atoms with Gasteiger partial charge in [-0.1, -0.05) is 49.4 Å². The van der Waals surface area contributed by atoms with Crippen LogP contribution in [0.3, 0.4) is 0 Å². The summed E-state index contributed by atoms with van der Waals surface area (Å²) in [7, 11) is 0. The Balaban J connectivity index is 1.79. The summed E-state index contributed by atoms with van der Waals surface area (Å²) in [6, 6.07) is 19.4. The zero-order valence-electron chi connectivity index (χ0n) is 14.0. The average molecular weight is 333 g/mol. The van der Waals surface area contributed by atoms with Crippen molar-refractivity contribution < 1.29 is 14.3 Å². The summed E-state index contributed by atoms with van der Waals surface area (Å²) < 4.78 is 7.43. The normalized spacial score (nSPS) is 11.7. The summed E-state index contributed by atoms with van der Waals surface area (Å²) in [4.78, 5) is 25.0. The standard InChI is InChI=1S/C21H19NO3/c1-2-19(22-13-6-7-14-22)25-21(24)18-12-8-11-17(15-18)20(23)16-9-4-3-5-10-16/h3-15,19H,2H2,1H3. The molecule has 4 nitrogen and oxygen atoms in total. The molecule has 0 aliphatic heterocycles. The van der Waals surface area contributed by atoms with Crippen LogP contribution in [0.25, 0.3) is 0 Å².